The number of aliphatic hydroxyl groups excluding tert-OH is 2. The second-order valence-corrected chi connectivity index (χ2v) is 6.13. The third-order valence-electron chi connectivity index (χ3n) is 4.36. The number of aliphatic carboxylic acids is 2. The van der Waals surface area contributed by atoms with Gasteiger partial charge >= 0.3 is 11.9 Å². The van der Waals surface area contributed by atoms with E-state index in [1.165, 1.54) is 10.9 Å². The topological polar surface area (TPSA) is 180 Å². The molecule has 27 heavy (non-hydrogen) atoms. The van der Waals surface area contributed by atoms with E-state index in [0.717, 1.165) is 6.33 Å². The molecule has 1 fully saturated rings. The Bertz CT molecular complexity index is 856. The zero-order valence-electron chi connectivity index (χ0n) is 14.3. The van der Waals surface area contributed by atoms with Crippen LogP contribution in [0, 0.1) is 0 Å². The number of carboxylic acids is 2. The van der Waals surface area contributed by atoms with Crippen molar-refractivity contribution < 1.29 is 34.8 Å². The Hall–Kier alpha value is -2.83. The van der Waals surface area contributed by atoms with Crippen LogP contribution in [-0.4, -0.2) is 76.2 Å². The number of hydrogen-bond donors (Lipinski definition) is 5. The molecule has 5 atom stereocenters. The monoisotopic (exact) mass is 381 g/mol. The molecule has 12 nitrogen and oxygen atoms in total. The number of aromatic nitrogens is 4. The smallest absolute Gasteiger partial charge is 0.326 e. The summed E-state index contributed by atoms with van der Waals surface area (Å²) < 4.78 is 7.09. The van der Waals surface area contributed by atoms with Gasteiger partial charge in [-0.15, -0.1) is 0 Å². The van der Waals surface area contributed by atoms with Gasteiger partial charge in [-0.05, 0) is 6.42 Å². The number of anilines is 1. The molecule has 5 N–H and O–H groups in total. The molecule has 12 heteroatoms. The van der Waals surface area contributed by atoms with Gasteiger partial charge in [-0.3, -0.25) is 9.36 Å². The summed E-state index contributed by atoms with van der Waals surface area (Å²) in [5.74, 6) is -2.60. The number of rotatable bonds is 7. The maximum Gasteiger partial charge on any atom is 0.326 e. The lowest BCUT2D eigenvalue weighted by Gasteiger charge is -2.17. The number of carboxylic acid groups (broad SMARTS) is 2. The van der Waals surface area contributed by atoms with E-state index < -0.39 is 48.9 Å². The molecule has 0 aromatic carbocycles. The van der Waals surface area contributed by atoms with Gasteiger partial charge in [0, 0.05) is 0 Å². The normalized spacial score (nSPS) is 26.2. The molecule has 3 rings (SSSR count). The Morgan fingerprint density at radius 3 is 2.59 bits per heavy atom. The van der Waals surface area contributed by atoms with Crippen LogP contribution in [0.25, 0.3) is 11.2 Å². The number of nitrogens with zero attached hydrogens (tertiary/aromatic N) is 4. The summed E-state index contributed by atoms with van der Waals surface area (Å²) in [5.41, 5.74) is 0.416. The van der Waals surface area contributed by atoms with E-state index in [0.29, 0.717) is 6.42 Å². The number of aliphatic hydroxyl groups is 2. The fourth-order valence-electron chi connectivity index (χ4n) is 2.98. The minimum atomic E-state index is -1.41. The molecule has 1 aliphatic rings. The van der Waals surface area contributed by atoms with Gasteiger partial charge in [-0.1, -0.05) is 6.92 Å². The van der Waals surface area contributed by atoms with Crippen molar-refractivity contribution in [3.05, 3.63) is 12.7 Å². The van der Waals surface area contributed by atoms with Crippen LogP contribution in [0.4, 0.5) is 5.82 Å². The minimum absolute atomic E-state index is 0.0347. The summed E-state index contributed by atoms with van der Waals surface area (Å²) in [7, 11) is 0. The number of imidazole rings is 1. The lowest BCUT2D eigenvalue weighted by atomic mass is 10.1. The lowest BCUT2D eigenvalue weighted by molar-refractivity contribution is -0.144. The SMILES string of the molecule is CCC1O[C@H](n2cnc3c(N[C@H](CC(=O)O)C(=O)O)ncnc32)[C@@H](O)[C@H]1O. The number of fused-ring (bicyclic) bond motifs is 1. The first-order valence-electron chi connectivity index (χ1n) is 8.23. The van der Waals surface area contributed by atoms with Crippen LogP contribution in [-0.2, 0) is 14.3 Å². The molecule has 2 aromatic rings. The van der Waals surface area contributed by atoms with Crippen LogP contribution in [0.3, 0.4) is 0 Å². The van der Waals surface area contributed by atoms with Crippen molar-refractivity contribution in [3.63, 3.8) is 0 Å². The largest absolute Gasteiger partial charge is 0.481 e. The van der Waals surface area contributed by atoms with Crippen LogP contribution >= 0.6 is 0 Å². The van der Waals surface area contributed by atoms with Gasteiger partial charge in [0.05, 0.1) is 18.9 Å². The molecule has 1 saturated heterocycles. The third kappa shape index (κ3) is 3.54. The van der Waals surface area contributed by atoms with Crippen molar-refractivity contribution >= 4 is 28.9 Å². The third-order valence-corrected chi connectivity index (χ3v) is 4.36. The Morgan fingerprint density at radius 2 is 2.00 bits per heavy atom. The fraction of sp³-hybridized carbons (Fsp3) is 0.533. The number of nitrogens with one attached hydrogen (secondary N) is 1. The van der Waals surface area contributed by atoms with E-state index in [-0.39, 0.29) is 17.0 Å². The first-order chi connectivity index (χ1) is 12.8. The van der Waals surface area contributed by atoms with E-state index in [1.807, 2.05) is 6.92 Å². The zero-order valence-corrected chi connectivity index (χ0v) is 14.3. The Kier molecular flexibility index (Phi) is 5.21. The molecule has 0 bridgehead atoms. The van der Waals surface area contributed by atoms with Crippen LogP contribution in [0.2, 0.25) is 0 Å². The van der Waals surface area contributed by atoms with Crippen molar-refractivity contribution in [1.82, 2.24) is 19.5 Å². The lowest BCUT2D eigenvalue weighted by Crippen LogP contribution is -2.32. The predicted octanol–water partition coefficient (Wildman–Crippen LogP) is -0.805. The number of carbonyl (C=O) groups is 2. The Morgan fingerprint density at radius 1 is 1.26 bits per heavy atom. The van der Waals surface area contributed by atoms with Gasteiger partial charge in [0.2, 0.25) is 0 Å². The van der Waals surface area contributed by atoms with Gasteiger partial charge in [-0.25, -0.2) is 19.7 Å². The zero-order chi connectivity index (χ0) is 19.7. The molecular formula is C15H19N5O7. The number of ether oxygens (including phenoxy) is 1. The van der Waals surface area contributed by atoms with E-state index in [9.17, 15) is 24.9 Å². The van der Waals surface area contributed by atoms with Crippen molar-refractivity contribution in [2.45, 2.75) is 50.3 Å². The van der Waals surface area contributed by atoms with E-state index >= 15 is 0 Å². The summed E-state index contributed by atoms with van der Waals surface area (Å²) in [6, 6.07) is -1.41. The average molecular weight is 381 g/mol. The van der Waals surface area contributed by atoms with Gasteiger partial charge in [0.15, 0.2) is 23.2 Å². The van der Waals surface area contributed by atoms with E-state index in [1.54, 1.807) is 0 Å². The van der Waals surface area contributed by atoms with Crippen LogP contribution < -0.4 is 5.32 Å². The molecule has 2 aromatic heterocycles. The second-order valence-electron chi connectivity index (χ2n) is 6.13. The van der Waals surface area contributed by atoms with Crippen molar-refractivity contribution in [1.29, 1.82) is 0 Å². The molecule has 0 aliphatic carbocycles. The van der Waals surface area contributed by atoms with Crippen LogP contribution in [0.5, 0.6) is 0 Å². The van der Waals surface area contributed by atoms with Crippen molar-refractivity contribution in [2.75, 3.05) is 5.32 Å². The van der Waals surface area contributed by atoms with Gasteiger partial charge in [0.1, 0.15) is 24.6 Å². The average Bonchev–Trinajstić information content (AvgIpc) is 3.16. The predicted molar refractivity (Wildman–Crippen MR) is 88.8 cm³/mol. The maximum atomic E-state index is 11.3. The van der Waals surface area contributed by atoms with Crippen LogP contribution in [0.15, 0.2) is 12.7 Å². The highest BCUT2D eigenvalue weighted by Gasteiger charge is 2.43. The quantitative estimate of drug-likeness (QED) is 0.405. The molecule has 0 radical (unpaired) electrons. The highest BCUT2D eigenvalue weighted by molar-refractivity contribution is 5.88. The summed E-state index contributed by atoms with van der Waals surface area (Å²) in [5, 5.41) is 40.9. The highest BCUT2D eigenvalue weighted by atomic mass is 16.6. The molecule has 1 unspecified atom stereocenters. The summed E-state index contributed by atoms with van der Waals surface area (Å²) in [4.78, 5) is 34.3. The minimum Gasteiger partial charge on any atom is -0.481 e. The summed E-state index contributed by atoms with van der Waals surface area (Å²) >= 11 is 0. The van der Waals surface area contributed by atoms with Crippen molar-refractivity contribution in [3.8, 4) is 0 Å². The summed E-state index contributed by atoms with van der Waals surface area (Å²) in [6.07, 6.45) is -1.41. The highest BCUT2D eigenvalue weighted by Crippen LogP contribution is 2.33. The standard InChI is InChI=1S/C15H19N5O7/c1-2-7-10(23)11(24)14(27-7)20-5-18-9-12(16-4-17-13(9)20)19-6(15(25)26)3-8(21)22/h4-7,10-11,14,23-24H,2-3H2,1H3,(H,21,22)(H,25,26)(H,16,17,19)/t6-,7?,10+,11+,14+/m1/s1. The van der Waals surface area contributed by atoms with Crippen molar-refractivity contribution in [2.24, 2.45) is 0 Å². The van der Waals surface area contributed by atoms with Gasteiger partial charge < -0.3 is 30.5 Å². The summed E-state index contributed by atoms with van der Waals surface area (Å²) in [6.45, 7) is 1.81. The first-order valence-corrected chi connectivity index (χ1v) is 8.23. The van der Waals surface area contributed by atoms with Gasteiger partial charge in [-0.2, -0.15) is 0 Å². The van der Waals surface area contributed by atoms with E-state index in [2.05, 4.69) is 20.3 Å². The fourth-order valence-corrected chi connectivity index (χ4v) is 2.98. The second kappa shape index (κ2) is 7.42. The van der Waals surface area contributed by atoms with E-state index in [4.69, 9.17) is 9.84 Å². The first kappa shape index (κ1) is 18.9. The molecular weight excluding hydrogens is 362 g/mol. The number of hydrogen-bond acceptors (Lipinski definition) is 9. The maximum absolute atomic E-state index is 11.3. The molecule has 146 valence electrons. The molecule has 0 saturated carbocycles. The Balaban J connectivity index is 1.93. The Labute approximate surface area is 152 Å². The molecule has 0 amide bonds. The molecule has 3 heterocycles. The van der Waals surface area contributed by atoms with Crippen LogP contribution in [0.1, 0.15) is 26.0 Å². The molecule has 0 spiro atoms. The molecule has 1 aliphatic heterocycles. The van der Waals surface area contributed by atoms with Gasteiger partial charge in [0.25, 0.3) is 0 Å².